The van der Waals surface area contributed by atoms with Gasteiger partial charge in [-0.05, 0) is 49.4 Å². The predicted molar refractivity (Wildman–Crippen MR) is 111 cm³/mol. The van der Waals surface area contributed by atoms with E-state index < -0.39 is 0 Å². The number of nitrogens with one attached hydrogen (secondary N) is 2. The molecule has 4 aromatic rings. The molecule has 2 unspecified atom stereocenters. The summed E-state index contributed by atoms with van der Waals surface area (Å²) in [5.41, 5.74) is 3.72. The normalized spacial score (nSPS) is 19.6. The molecule has 1 saturated carbocycles. The van der Waals surface area contributed by atoms with Gasteiger partial charge in [0.1, 0.15) is 23.4 Å². The van der Waals surface area contributed by atoms with E-state index in [9.17, 15) is 4.79 Å². The highest BCUT2D eigenvalue weighted by molar-refractivity contribution is 5.77. The molecular weight excluding hydrogens is 364 g/mol. The highest BCUT2D eigenvalue weighted by atomic mass is 16.2. The van der Waals surface area contributed by atoms with E-state index in [1.54, 1.807) is 0 Å². The highest BCUT2D eigenvalue weighted by Crippen LogP contribution is 2.27. The number of rotatable bonds is 5. The summed E-state index contributed by atoms with van der Waals surface area (Å²) < 4.78 is 0. The van der Waals surface area contributed by atoms with Crippen LogP contribution in [0.2, 0.25) is 0 Å². The summed E-state index contributed by atoms with van der Waals surface area (Å²) in [7, 11) is 0. The number of aromatic nitrogens is 5. The monoisotopic (exact) mass is 388 g/mol. The van der Waals surface area contributed by atoms with Gasteiger partial charge in [-0.15, -0.1) is 0 Å². The van der Waals surface area contributed by atoms with Crippen LogP contribution in [0, 0.1) is 5.92 Å². The van der Waals surface area contributed by atoms with Crippen molar-refractivity contribution >= 4 is 28.0 Å². The zero-order valence-corrected chi connectivity index (χ0v) is 16.2. The molecule has 2 aromatic carbocycles. The number of hydrogen-bond acceptors (Lipinski definition) is 4. The molecule has 5 rings (SSSR count). The molecule has 0 aliphatic heterocycles. The van der Waals surface area contributed by atoms with Gasteiger partial charge in [0.25, 0.3) is 0 Å². The van der Waals surface area contributed by atoms with Crippen LogP contribution in [0.4, 0.5) is 0 Å². The quantitative estimate of drug-likeness (QED) is 0.549. The number of benzene rings is 2. The number of imidazole rings is 1. The largest absolute Gasteiger partial charge is 0.352 e. The zero-order chi connectivity index (χ0) is 19.6. The first-order chi connectivity index (χ1) is 14.2. The van der Waals surface area contributed by atoms with Crippen LogP contribution < -0.4 is 5.32 Å². The van der Waals surface area contributed by atoms with Crippen molar-refractivity contribution in [1.29, 1.82) is 0 Å². The molecule has 2 N–H and O–H groups in total. The number of para-hydroxylation sites is 2. The lowest BCUT2D eigenvalue weighted by Crippen LogP contribution is -2.40. The van der Waals surface area contributed by atoms with Gasteiger partial charge in [0, 0.05) is 12.5 Å². The van der Waals surface area contributed by atoms with E-state index >= 15 is 0 Å². The summed E-state index contributed by atoms with van der Waals surface area (Å²) in [6, 6.07) is 16.0. The van der Waals surface area contributed by atoms with Crippen LogP contribution in [-0.2, 0) is 17.8 Å². The Labute approximate surface area is 168 Å². The summed E-state index contributed by atoms with van der Waals surface area (Å²) in [6.07, 6.45) is 5.23. The first kappa shape index (κ1) is 17.8. The number of carbonyl (C=O) groups is 1. The van der Waals surface area contributed by atoms with E-state index in [2.05, 4.69) is 26.6 Å². The Kier molecular flexibility index (Phi) is 4.71. The van der Waals surface area contributed by atoms with E-state index in [1.807, 2.05) is 42.5 Å². The fourth-order valence-corrected chi connectivity index (χ4v) is 4.36. The van der Waals surface area contributed by atoms with Crippen LogP contribution in [0.15, 0.2) is 48.5 Å². The number of carbonyl (C=O) groups excluding carboxylic acids is 1. The van der Waals surface area contributed by atoms with E-state index in [0.717, 1.165) is 53.6 Å². The molecule has 2 aromatic heterocycles. The minimum atomic E-state index is -0.0281. The second-order valence-electron chi connectivity index (χ2n) is 7.92. The van der Waals surface area contributed by atoms with Crippen molar-refractivity contribution in [2.24, 2.45) is 5.92 Å². The lowest BCUT2D eigenvalue weighted by Gasteiger charge is -2.29. The van der Waals surface area contributed by atoms with Crippen molar-refractivity contribution in [1.82, 2.24) is 30.3 Å². The van der Waals surface area contributed by atoms with E-state index in [0.29, 0.717) is 5.92 Å². The minimum absolute atomic E-state index is 0.0281. The number of amides is 1. The lowest BCUT2D eigenvalue weighted by molar-refractivity contribution is -0.123. The van der Waals surface area contributed by atoms with Gasteiger partial charge in [-0.2, -0.15) is 15.0 Å². The topological polar surface area (TPSA) is 88.5 Å². The van der Waals surface area contributed by atoms with Gasteiger partial charge in [-0.1, -0.05) is 30.7 Å². The molecule has 1 fully saturated rings. The molecule has 0 spiro atoms. The van der Waals surface area contributed by atoms with Crippen LogP contribution in [0.1, 0.15) is 31.5 Å². The summed E-state index contributed by atoms with van der Waals surface area (Å²) >= 11 is 0. The molecule has 2 atom stereocenters. The van der Waals surface area contributed by atoms with Crippen LogP contribution >= 0.6 is 0 Å². The van der Waals surface area contributed by atoms with Crippen molar-refractivity contribution in [3.05, 3.63) is 54.4 Å². The van der Waals surface area contributed by atoms with E-state index in [4.69, 9.17) is 4.98 Å². The van der Waals surface area contributed by atoms with Crippen LogP contribution in [0.5, 0.6) is 0 Å². The third-order valence-electron chi connectivity index (χ3n) is 5.68. The Hall–Kier alpha value is -3.22. The highest BCUT2D eigenvalue weighted by Gasteiger charge is 2.24. The zero-order valence-electron chi connectivity index (χ0n) is 16.2. The lowest BCUT2D eigenvalue weighted by atomic mass is 9.83. The molecule has 0 bridgehead atoms. The van der Waals surface area contributed by atoms with Gasteiger partial charge in [0.05, 0.1) is 11.0 Å². The average Bonchev–Trinajstić information content (AvgIpc) is 3.30. The third kappa shape index (κ3) is 3.99. The molecule has 1 amide bonds. The molecular formula is C22H24N6O. The first-order valence-corrected chi connectivity index (χ1v) is 10.3. The molecule has 7 heteroatoms. The van der Waals surface area contributed by atoms with Crippen molar-refractivity contribution < 1.29 is 4.79 Å². The van der Waals surface area contributed by atoms with Crippen molar-refractivity contribution in [3.63, 3.8) is 0 Å². The number of nitrogens with zero attached hydrogens (tertiary/aromatic N) is 4. The van der Waals surface area contributed by atoms with E-state index in [1.165, 1.54) is 11.2 Å². The van der Waals surface area contributed by atoms with Gasteiger partial charge in [-0.25, -0.2) is 4.98 Å². The number of fused-ring (bicyclic) bond motifs is 2. The summed E-state index contributed by atoms with van der Waals surface area (Å²) in [5, 5.41) is 11.9. The minimum Gasteiger partial charge on any atom is -0.352 e. The summed E-state index contributed by atoms with van der Waals surface area (Å²) in [4.78, 5) is 22.1. The Balaban J connectivity index is 1.18. The SMILES string of the molecule is O=C(Cn1nc2ccccc2n1)NC1CCCC(Cc2nc3ccccc3[nH]2)C1. The molecule has 29 heavy (non-hydrogen) atoms. The number of aromatic amines is 1. The van der Waals surface area contributed by atoms with Gasteiger partial charge < -0.3 is 10.3 Å². The van der Waals surface area contributed by atoms with Crippen LogP contribution in [0.25, 0.3) is 22.1 Å². The van der Waals surface area contributed by atoms with Crippen LogP contribution in [-0.4, -0.2) is 36.9 Å². The predicted octanol–water partition coefficient (Wildman–Crippen LogP) is 3.23. The van der Waals surface area contributed by atoms with Crippen LogP contribution in [0.3, 0.4) is 0 Å². The van der Waals surface area contributed by atoms with Crippen molar-refractivity contribution in [2.75, 3.05) is 0 Å². The smallest absolute Gasteiger partial charge is 0.243 e. The molecule has 1 aliphatic carbocycles. The maximum Gasteiger partial charge on any atom is 0.243 e. The second kappa shape index (κ2) is 7.66. The Morgan fingerprint density at radius 3 is 2.52 bits per heavy atom. The molecule has 7 nitrogen and oxygen atoms in total. The number of hydrogen-bond donors (Lipinski definition) is 2. The summed E-state index contributed by atoms with van der Waals surface area (Å²) in [5.74, 6) is 1.54. The van der Waals surface area contributed by atoms with Gasteiger partial charge in [-0.3, -0.25) is 4.79 Å². The Morgan fingerprint density at radius 1 is 1.03 bits per heavy atom. The molecule has 148 valence electrons. The molecule has 0 radical (unpaired) electrons. The molecule has 0 saturated heterocycles. The first-order valence-electron chi connectivity index (χ1n) is 10.3. The van der Waals surface area contributed by atoms with Crippen molar-refractivity contribution in [3.8, 4) is 0 Å². The molecule has 1 aliphatic rings. The van der Waals surface area contributed by atoms with Gasteiger partial charge in [0.2, 0.25) is 5.91 Å². The Morgan fingerprint density at radius 2 is 1.76 bits per heavy atom. The standard InChI is InChI=1S/C22H24N6O/c29-22(14-28-26-19-10-3-4-11-20(19)27-28)23-16-7-5-6-15(12-16)13-21-24-17-8-1-2-9-18(17)25-21/h1-4,8-11,15-16H,5-7,12-14H2,(H,23,29)(H,24,25). The second-order valence-corrected chi connectivity index (χ2v) is 7.92. The maximum atomic E-state index is 12.5. The van der Waals surface area contributed by atoms with Gasteiger partial charge >= 0.3 is 0 Å². The summed E-state index contributed by atoms with van der Waals surface area (Å²) in [6.45, 7) is 0.152. The van der Waals surface area contributed by atoms with Crippen molar-refractivity contribution in [2.45, 2.75) is 44.7 Å². The number of H-pyrrole nitrogens is 1. The van der Waals surface area contributed by atoms with E-state index in [-0.39, 0.29) is 18.5 Å². The molecule has 2 heterocycles. The Bertz CT molecular complexity index is 1080. The van der Waals surface area contributed by atoms with Gasteiger partial charge in [0.15, 0.2) is 0 Å². The fraction of sp³-hybridized carbons (Fsp3) is 0.364. The average molecular weight is 388 g/mol. The fourth-order valence-electron chi connectivity index (χ4n) is 4.36. The third-order valence-corrected chi connectivity index (χ3v) is 5.68. The maximum absolute atomic E-state index is 12.5.